The van der Waals surface area contributed by atoms with E-state index in [1.165, 1.54) is 25.7 Å². The summed E-state index contributed by atoms with van der Waals surface area (Å²) in [5, 5.41) is 4.08. The third-order valence-electron chi connectivity index (χ3n) is 3.86. The second-order valence-corrected chi connectivity index (χ2v) is 5.25. The highest BCUT2D eigenvalue weighted by atomic mass is 16.5. The number of hydrogen-bond donors (Lipinski definition) is 1. The summed E-state index contributed by atoms with van der Waals surface area (Å²) in [6, 6.07) is -0.150. The lowest BCUT2D eigenvalue weighted by atomic mass is 10.0. The van der Waals surface area contributed by atoms with Crippen LogP contribution in [0.2, 0.25) is 0 Å². The van der Waals surface area contributed by atoms with Crippen LogP contribution in [0.15, 0.2) is 4.52 Å². The summed E-state index contributed by atoms with van der Waals surface area (Å²) < 4.78 is 5.32. The van der Waals surface area contributed by atoms with Crippen LogP contribution in [0.3, 0.4) is 0 Å². The van der Waals surface area contributed by atoms with Crippen molar-refractivity contribution in [2.45, 2.75) is 52.0 Å². The van der Waals surface area contributed by atoms with Crippen molar-refractivity contribution in [3.05, 3.63) is 5.89 Å². The normalized spacial score (nSPS) is 20.5. The zero-order valence-corrected chi connectivity index (χ0v) is 11.4. The summed E-state index contributed by atoms with van der Waals surface area (Å²) in [6.45, 7) is 6.28. The molecule has 2 N–H and O–H groups in total. The van der Waals surface area contributed by atoms with Gasteiger partial charge in [-0.15, -0.1) is 0 Å². The number of hydrogen-bond acceptors (Lipinski definition) is 5. The van der Waals surface area contributed by atoms with E-state index in [4.69, 9.17) is 10.3 Å². The van der Waals surface area contributed by atoms with Crippen LogP contribution >= 0.6 is 0 Å². The fraction of sp³-hybridized carbons (Fsp3) is 0.846. The third-order valence-corrected chi connectivity index (χ3v) is 3.86. The molecule has 102 valence electrons. The van der Waals surface area contributed by atoms with Crippen molar-refractivity contribution in [1.29, 1.82) is 0 Å². The lowest BCUT2D eigenvalue weighted by Crippen LogP contribution is -2.25. The van der Waals surface area contributed by atoms with Crippen LogP contribution in [0.1, 0.15) is 57.9 Å². The van der Waals surface area contributed by atoms with Crippen molar-refractivity contribution < 1.29 is 4.52 Å². The summed E-state index contributed by atoms with van der Waals surface area (Å²) in [4.78, 5) is 6.68. The van der Waals surface area contributed by atoms with Gasteiger partial charge in [0.1, 0.15) is 0 Å². The van der Waals surface area contributed by atoms with Gasteiger partial charge in [0.25, 0.3) is 5.95 Å². The highest BCUT2D eigenvalue weighted by molar-refractivity contribution is 5.28. The minimum atomic E-state index is -0.150. The van der Waals surface area contributed by atoms with Gasteiger partial charge in [-0.3, -0.25) is 0 Å². The summed E-state index contributed by atoms with van der Waals surface area (Å²) >= 11 is 0. The lowest BCUT2D eigenvalue weighted by Gasteiger charge is -2.17. The fourth-order valence-corrected chi connectivity index (χ4v) is 2.26. The molecular formula is C13H24N4O. The first-order valence-electron chi connectivity index (χ1n) is 7.06. The Hall–Kier alpha value is -1.10. The topological polar surface area (TPSA) is 68.2 Å². The molecule has 1 aliphatic rings. The van der Waals surface area contributed by atoms with Gasteiger partial charge >= 0.3 is 0 Å². The van der Waals surface area contributed by atoms with Gasteiger partial charge in [0.15, 0.2) is 0 Å². The van der Waals surface area contributed by atoms with E-state index in [1.54, 1.807) is 0 Å². The predicted octanol–water partition coefficient (Wildman–Crippen LogP) is 2.50. The molecular weight excluding hydrogens is 228 g/mol. The highest BCUT2D eigenvalue weighted by Gasteiger charge is 2.22. The maximum Gasteiger partial charge on any atom is 0.266 e. The van der Waals surface area contributed by atoms with E-state index in [1.807, 2.05) is 0 Å². The number of anilines is 1. The lowest BCUT2D eigenvalue weighted by molar-refractivity contribution is 0.312. The van der Waals surface area contributed by atoms with Gasteiger partial charge in [-0.25, -0.2) is 0 Å². The summed E-state index contributed by atoms with van der Waals surface area (Å²) in [6.07, 6.45) is 6.03. The molecule has 2 heterocycles. The van der Waals surface area contributed by atoms with E-state index in [2.05, 4.69) is 28.9 Å². The standard InChI is InChI=1S/C13H24N4O/c1-3-10(2)11(14)12-15-13(16-18-12)17-8-6-4-5-7-9-17/h10-11H,3-9,14H2,1-2H3/t10?,11-/m0/s1. The minimum absolute atomic E-state index is 0.150. The molecule has 2 atom stereocenters. The largest absolute Gasteiger partial charge is 0.338 e. The zero-order valence-electron chi connectivity index (χ0n) is 11.4. The second kappa shape index (κ2) is 6.18. The van der Waals surface area contributed by atoms with E-state index in [0.29, 0.717) is 17.8 Å². The molecule has 1 fully saturated rings. The van der Waals surface area contributed by atoms with Crippen LogP contribution in [0.4, 0.5) is 5.95 Å². The van der Waals surface area contributed by atoms with Gasteiger partial charge in [-0.2, -0.15) is 4.98 Å². The molecule has 1 saturated heterocycles. The van der Waals surface area contributed by atoms with Crippen molar-refractivity contribution in [2.24, 2.45) is 11.7 Å². The van der Waals surface area contributed by atoms with Crippen molar-refractivity contribution >= 4 is 5.95 Å². The number of nitrogens with zero attached hydrogens (tertiary/aromatic N) is 3. The first-order valence-corrected chi connectivity index (χ1v) is 7.06. The number of nitrogens with two attached hydrogens (primary N) is 1. The quantitative estimate of drug-likeness (QED) is 0.891. The van der Waals surface area contributed by atoms with Crippen molar-refractivity contribution in [1.82, 2.24) is 10.1 Å². The molecule has 0 aliphatic carbocycles. The maximum atomic E-state index is 6.11. The average molecular weight is 252 g/mol. The van der Waals surface area contributed by atoms with Gasteiger partial charge in [-0.1, -0.05) is 33.1 Å². The molecule has 0 saturated carbocycles. The first kappa shape index (κ1) is 13.3. The molecule has 1 aromatic rings. The highest BCUT2D eigenvalue weighted by Crippen LogP contribution is 2.23. The Kier molecular flexibility index (Phi) is 4.58. The summed E-state index contributed by atoms with van der Waals surface area (Å²) in [7, 11) is 0. The Labute approximate surface area is 109 Å². The van der Waals surface area contributed by atoms with Crippen LogP contribution in [-0.2, 0) is 0 Å². The molecule has 0 spiro atoms. The Morgan fingerprint density at radius 1 is 1.28 bits per heavy atom. The smallest absolute Gasteiger partial charge is 0.266 e. The van der Waals surface area contributed by atoms with Crippen LogP contribution < -0.4 is 10.6 Å². The number of aromatic nitrogens is 2. The summed E-state index contributed by atoms with van der Waals surface area (Å²) in [5.41, 5.74) is 6.11. The molecule has 0 aromatic carbocycles. The second-order valence-electron chi connectivity index (χ2n) is 5.25. The van der Waals surface area contributed by atoms with E-state index in [0.717, 1.165) is 19.5 Å². The molecule has 0 amide bonds. The van der Waals surface area contributed by atoms with E-state index >= 15 is 0 Å². The van der Waals surface area contributed by atoms with Crippen LogP contribution in [0, 0.1) is 5.92 Å². The Morgan fingerprint density at radius 2 is 1.94 bits per heavy atom. The SMILES string of the molecule is CCC(C)[C@H](N)c1nc(N2CCCCCC2)no1. The third kappa shape index (κ3) is 3.02. The van der Waals surface area contributed by atoms with Gasteiger partial charge in [0, 0.05) is 13.1 Å². The average Bonchev–Trinajstić information content (AvgIpc) is 2.72. The van der Waals surface area contributed by atoms with Crippen molar-refractivity contribution in [3.8, 4) is 0 Å². The Bertz CT molecular complexity index is 358. The van der Waals surface area contributed by atoms with E-state index in [-0.39, 0.29) is 6.04 Å². The fourth-order valence-electron chi connectivity index (χ4n) is 2.26. The number of rotatable bonds is 4. The minimum Gasteiger partial charge on any atom is -0.338 e. The predicted molar refractivity (Wildman–Crippen MR) is 71.4 cm³/mol. The Morgan fingerprint density at radius 3 is 2.56 bits per heavy atom. The van der Waals surface area contributed by atoms with Gasteiger partial charge in [0.2, 0.25) is 5.89 Å². The van der Waals surface area contributed by atoms with Gasteiger partial charge in [0.05, 0.1) is 6.04 Å². The molecule has 18 heavy (non-hydrogen) atoms. The maximum absolute atomic E-state index is 6.11. The van der Waals surface area contributed by atoms with Crippen molar-refractivity contribution in [2.75, 3.05) is 18.0 Å². The van der Waals surface area contributed by atoms with Gasteiger partial charge < -0.3 is 15.2 Å². The van der Waals surface area contributed by atoms with Gasteiger partial charge in [-0.05, 0) is 23.9 Å². The van der Waals surface area contributed by atoms with Crippen LogP contribution in [0.25, 0.3) is 0 Å². The van der Waals surface area contributed by atoms with Crippen molar-refractivity contribution in [3.63, 3.8) is 0 Å². The van der Waals surface area contributed by atoms with Crippen LogP contribution in [0.5, 0.6) is 0 Å². The molecule has 0 bridgehead atoms. The molecule has 5 nitrogen and oxygen atoms in total. The van der Waals surface area contributed by atoms with E-state index < -0.39 is 0 Å². The summed E-state index contributed by atoms with van der Waals surface area (Å²) in [5.74, 6) is 1.65. The molecule has 1 unspecified atom stereocenters. The molecule has 1 aliphatic heterocycles. The molecule has 5 heteroatoms. The van der Waals surface area contributed by atoms with E-state index in [9.17, 15) is 0 Å². The zero-order chi connectivity index (χ0) is 13.0. The van der Waals surface area contributed by atoms with Crippen LogP contribution in [-0.4, -0.2) is 23.2 Å². The molecule has 0 radical (unpaired) electrons. The molecule has 1 aromatic heterocycles. The molecule has 2 rings (SSSR count). The monoisotopic (exact) mass is 252 g/mol. The Balaban J connectivity index is 2.04. The first-order chi connectivity index (χ1) is 8.72.